The number of nitrogen functional groups attached to an aromatic ring is 1. The lowest BCUT2D eigenvalue weighted by Crippen LogP contribution is -2.53. The van der Waals surface area contributed by atoms with Gasteiger partial charge in [0, 0.05) is 11.1 Å². The van der Waals surface area contributed by atoms with Crippen molar-refractivity contribution < 1.29 is 19.5 Å². The van der Waals surface area contributed by atoms with Crippen LogP contribution in [0.2, 0.25) is 0 Å². The lowest BCUT2D eigenvalue weighted by atomic mass is 10.0. The van der Waals surface area contributed by atoms with E-state index in [0.29, 0.717) is 11.1 Å². The molecule has 8 N–H and O–H groups in total. The van der Waals surface area contributed by atoms with Crippen LogP contribution in [0.1, 0.15) is 34.5 Å². The molecule has 0 aliphatic heterocycles. The molecule has 0 aliphatic rings. The van der Waals surface area contributed by atoms with Crippen LogP contribution in [-0.4, -0.2) is 40.8 Å². The Kier molecular flexibility index (Phi) is 7.05. The summed E-state index contributed by atoms with van der Waals surface area (Å²) in [4.78, 5) is 37.0. The average Bonchev–Trinajstić information content (AvgIpc) is 2.70. The Hall–Kier alpha value is -3.72. The molecule has 0 saturated carbocycles. The highest BCUT2D eigenvalue weighted by molar-refractivity contribution is 6.01. The lowest BCUT2D eigenvalue weighted by molar-refractivity contribution is -0.130. The van der Waals surface area contributed by atoms with E-state index in [2.05, 4.69) is 10.6 Å². The normalized spacial score (nSPS) is 13.6. The molecule has 3 atom stereocenters. The van der Waals surface area contributed by atoms with Gasteiger partial charge in [0.1, 0.15) is 17.9 Å². The zero-order chi connectivity index (χ0) is 21.6. The van der Waals surface area contributed by atoms with Crippen LogP contribution in [0.15, 0.2) is 54.6 Å². The van der Waals surface area contributed by atoms with Crippen LogP contribution in [0.5, 0.6) is 0 Å². The SMILES string of the molecule is C[C@H](O)[C@@H](NC(=O)[C@H](NC(=O)c1cccc(C(=N)N)c1)c1ccccc1)C(N)=O. The highest BCUT2D eigenvalue weighted by atomic mass is 16.3. The molecule has 3 amide bonds. The summed E-state index contributed by atoms with van der Waals surface area (Å²) in [5.41, 5.74) is 11.7. The summed E-state index contributed by atoms with van der Waals surface area (Å²) < 4.78 is 0. The first-order valence-electron chi connectivity index (χ1n) is 8.78. The van der Waals surface area contributed by atoms with E-state index in [1.54, 1.807) is 42.5 Å². The van der Waals surface area contributed by atoms with Crippen molar-refractivity contribution in [1.82, 2.24) is 10.6 Å². The smallest absolute Gasteiger partial charge is 0.252 e. The Bertz CT molecular complexity index is 914. The third kappa shape index (κ3) is 5.63. The number of hydrogen-bond donors (Lipinski definition) is 6. The molecule has 0 aromatic heterocycles. The highest BCUT2D eigenvalue weighted by Crippen LogP contribution is 2.15. The fourth-order valence-corrected chi connectivity index (χ4v) is 2.65. The minimum absolute atomic E-state index is 0.196. The van der Waals surface area contributed by atoms with Crippen LogP contribution in [0, 0.1) is 5.41 Å². The number of carbonyl (C=O) groups excluding carboxylic acids is 3. The predicted octanol–water partition coefficient (Wildman–Crippen LogP) is -0.207. The van der Waals surface area contributed by atoms with Gasteiger partial charge in [0.05, 0.1) is 6.10 Å². The van der Waals surface area contributed by atoms with Gasteiger partial charge in [0.25, 0.3) is 5.91 Å². The molecule has 2 aromatic carbocycles. The third-order valence-corrected chi connectivity index (χ3v) is 4.19. The Morgan fingerprint density at radius 3 is 2.14 bits per heavy atom. The number of amides is 3. The van der Waals surface area contributed by atoms with E-state index in [1.165, 1.54) is 19.1 Å². The summed E-state index contributed by atoms with van der Waals surface area (Å²) in [6.45, 7) is 1.32. The van der Waals surface area contributed by atoms with Crippen molar-refractivity contribution in [3.05, 3.63) is 71.3 Å². The van der Waals surface area contributed by atoms with Gasteiger partial charge < -0.3 is 27.2 Å². The second-order valence-corrected chi connectivity index (χ2v) is 6.44. The molecule has 0 aliphatic carbocycles. The van der Waals surface area contributed by atoms with Crippen molar-refractivity contribution in [2.75, 3.05) is 0 Å². The van der Waals surface area contributed by atoms with Gasteiger partial charge >= 0.3 is 0 Å². The summed E-state index contributed by atoms with van der Waals surface area (Å²) in [5, 5.41) is 22.2. The first-order chi connectivity index (χ1) is 13.7. The molecule has 0 saturated heterocycles. The topological polar surface area (TPSA) is 171 Å². The number of nitrogens with two attached hydrogens (primary N) is 2. The van der Waals surface area contributed by atoms with Crippen LogP contribution >= 0.6 is 0 Å². The summed E-state index contributed by atoms with van der Waals surface area (Å²) >= 11 is 0. The molecular weight excluding hydrogens is 374 g/mol. The maximum absolute atomic E-state index is 12.8. The Labute approximate surface area is 167 Å². The number of aliphatic hydroxyl groups is 1. The van der Waals surface area contributed by atoms with Crippen LogP contribution in [-0.2, 0) is 9.59 Å². The fraction of sp³-hybridized carbons (Fsp3) is 0.200. The fourth-order valence-electron chi connectivity index (χ4n) is 2.65. The van der Waals surface area contributed by atoms with E-state index in [0.717, 1.165) is 0 Å². The van der Waals surface area contributed by atoms with Gasteiger partial charge in [-0.05, 0) is 24.6 Å². The molecule has 9 nitrogen and oxygen atoms in total. The van der Waals surface area contributed by atoms with Crippen molar-refractivity contribution in [1.29, 1.82) is 5.41 Å². The maximum Gasteiger partial charge on any atom is 0.252 e. The highest BCUT2D eigenvalue weighted by Gasteiger charge is 2.29. The van der Waals surface area contributed by atoms with Crippen LogP contribution in [0.3, 0.4) is 0 Å². The van der Waals surface area contributed by atoms with Gasteiger partial charge in [0.15, 0.2) is 0 Å². The summed E-state index contributed by atoms with van der Waals surface area (Å²) in [6.07, 6.45) is -1.21. The van der Waals surface area contributed by atoms with Crippen molar-refractivity contribution in [3.63, 3.8) is 0 Å². The molecule has 9 heteroatoms. The first-order valence-corrected chi connectivity index (χ1v) is 8.78. The van der Waals surface area contributed by atoms with Gasteiger partial charge in [-0.2, -0.15) is 0 Å². The molecule has 0 spiro atoms. The predicted molar refractivity (Wildman–Crippen MR) is 107 cm³/mol. The molecule has 0 bridgehead atoms. The van der Waals surface area contributed by atoms with Crippen molar-refractivity contribution >= 4 is 23.6 Å². The number of primary amides is 1. The quantitative estimate of drug-likeness (QED) is 0.267. The Morgan fingerprint density at radius 1 is 0.966 bits per heavy atom. The Morgan fingerprint density at radius 2 is 1.59 bits per heavy atom. The lowest BCUT2D eigenvalue weighted by Gasteiger charge is -2.23. The molecule has 152 valence electrons. The van der Waals surface area contributed by atoms with Crippen LogP contribution in [0.4, 0.5) is 0 Å². The number of hydrogen-bond acceptors (Lipinski definition) is 5. The standard InChI is InChI=1S/C20H23N5O4/c1-11(26)15(18(23)27)24-20(29)16(12-6-3-2-4-7-12)25-19(28)14-9-5-8-13(10-14)17(21)22/h2-11,15-16,26H,1H3,(H3,21,22)(H2,23,27)(H,24,29)(H,25,28)/t11-,15+,16+/m0/s1. The number of aliphatic hydroxyl groups excluding tert-OH is 1. The number of benzene rings is 2. The van der Waals surface area contributed by atoms with Crippen molar-refractivity contribution in [3.8, 4) is 0 Å². The Balaban J connectivity index is 2.31. The number of rotatable bonds is 8. The first kappa shape index (κ1) is 21.6. The summed E-state index contributed by atoms with van der Waals surface area (Å²) in [5.74, 6) is -2.39. The average molecular weight is 397 g/mol. The van der Waals surface area contributed by atoms with Gasteiger partial charge in [0.2, 0.25) is 11.8 Å². The number of amidine groups is 1. The monoisotopic (exact) mass is 397 g/mol. The maximum atomic E-state index is 12.8. The van der Waals surface area contributed by atoms with Gasteiger partial charge in [-0.1, -0.05) is 42.5 Å². The number of carbonyl (C=O) groups is 3. The zero-order valence-corrected chi connectivity index (χ0v) is 15.8. The second kappa shape index (κ2) is 9.47. The van der Waals surface area contributed by atoms with Gasteiger partial charge in [-0.15, -0.1) is 0 Å². The summed E-state index contributed by atoms with van der Waals surface area (Å²) in [6, 6.07) is 12.0. The summed E-state index contributed by atoms with van der Waals surface area (Å²) in [7, 11) is 0. The molecule has 2 aromatic rings. The van der Waals surface area contributed by atoms with Crippen molar-refractivity contribution in [2.24, 2.45) is 11.5 Å². The second-order valence-electron chi connectivity index (χ2n) is 6.44. The van der Waals surface area contributed by atoms with E-state index in [9.17, 15) is 19.5 Å². The van der Waals surface area contributed by atoms with E-state index < -0.39 is 35.9 Å². The van der Waals surface area contributed by atoms with E-state index in [-0.39, 0.29) is 11.4 Å². The van der Waals surface area contributed by atoms with E-state index >= 15 is 0 Å². The minimum atomic E-state index is -1.31. The van der Waals surface area contributed by atoms with E-state index in [1.807, 2.05) is 0 Å². The van der Waals surface area contributed by atoms with Crippen LogP contribution < -0.4 is 22.1 Å². The molecule has 0 unspecified atom stereocenters. The minimum Gasteiger partial charge on any atom is -0.391 e. The van der Waals surface area contributed by atoms with Crippen molar-refractivity contribution in [2.45, 2.75) is 25.1 Å². The molecule has 29 heavy (non-hydrogen) atoms. The third-order valence-electron chi connectivity index (χ3n) is 4.19. The molecule has 0 heterocycles. The zero-order valence-electron chi connectivity index (χ0n) is 15.8. The molecule has 2 rings (SSSR count). The number of nitrogens with one attached hydrogen (secondary N) is 3. The molecule has 0 radical (unpaired) electrons. The van der Waals surface area contributed by atoms with Gasteiger partial charge in [-0.25, -0.2) is 0 Å². The van der Waals surface area contributed by atoms with Crippen LogP contribution in [0.25, 0.3) is 0 Å². The van der Waals surface area contributed by atoms with Gasteiger partial charge in [-0.3, -0.25) is 19.8 Å². The molecule has 0 fully saturated rings. The largest absolute Gasteiger partial charge is 0.391 e. The molecular formula is C20H23N5O4. The van der Waals surface area contributed by atoms with E-state index in [4.69, 9.17) is 16.9 Å².